The number of rotatable bonds is 12. The highest BCUT2D eigenvalue weighted by Gasteiger charge is 2.17. The van der Waals surface area contributed by atoms with Crippen molar-refractivity contribution in [1.29, 1.82) is 0 Å². The van der Waals surface area contributed by atoms with Crippen LogP contribution in [0.4, 0.5) is 9.59 Å². The van der Waals surface area contributed by atoms with Gasteiger partial charge in [-0.1, -0.05) is 14.9 Å². The largest absolute Gasteiger partial charge is 0.480 e. The van der Waals surface area contributed by atoms with Crippen molar-refractivity contribution in [3.8, 4) is 0 Å². The Morgan fingerprint density at radius 1 is 0.642 bits per heavy atom. The molecular weight excluding hydrogens is 889 g/mol. The molecule has 0 radical (unpaired) electrons. The second-order valence-corrected chi connectivity index (χ2v) is 10.1. The zero-order valence-corrected chi connectivity index (χ0v) is 31.2. The number of carbonyl (C=O) groups is 7. The molecule has 0 aromatic rings. The number of urea groups is 2. The Hall–Kier alpha value is -4.46. The van der Waals surface area contributed by atoms with Crippen LogP contribution in [-0.4, -0.2) is 178 Å². The van der Waals surface area contributed by atoms with E-state index in [4.69, 9.17) is 69.1 Å². The first-order valence-electron chi connectivity index (χ1n) is 11.6. The van der Waals surface area contributed by atoms with Gasteiger partial charge in [-0.15, -0.1) is 24.0 Å². The minimum absolute atomic E-state index is 0. The van der Waals surface area contributed by atoms with Crippen LogP contribution >= 0.6 is 39.2 Å². The summed E-state index contributed by atoms with van der Waals surface area (Å²) in [5.41, 5.74) is 0. The monoisotopic (exact) mass is 938 g/mol. The molecule has 0 aromatic carbocycles. The number of nitrogens with zero attached hydrogens (tertiary/aromatic N) is 1. The van der Waals surface area contributed by atoms with Crippen molar-refractivity contribution >= 4 is 99.9 Å². The quantitative estimate of drug-likeness (QED) is 0.0502. The third kappa shape index (κ3) is 140. The molecule has 0 aliphatic rings. The molecule has 4 amide bonds. The molecule has 0 rings (SSSR count). The van der Waals surface area contributed by atoms with Gasteiger partial charge in [-0.2, -0.15) is 9.59 Å². The lowest BCUT2D eigenvalue weighted by atomic mass is 10.6. The highest BCUT2D eigenvalue weighted by molar-refractivity contribution is 14.0. The van der Waals surface area contributed by atoms with Crippen LogP contribution in [0, 0.1) is 0 Å². The van der Waals surface area contributed by atoms with Crippen molar-refractivity contribution in [3.63, 3.8) is 0 Å². The number of aliphatic hydroxyl groups is 1. The number of carboxylic acid groups (broad SMARTS) is 4. The van der Waals surface area contributed by atoms with Crippen molar-refractivity contribution in [2.24, 2.45) is 0 Å². The van der Waals surface area contributed by atoms with Gasteiger partial charge in [-0.05, 0) is 7.05 Å². The number of hydrogen-bond donors (Lipinski definition) is 14. The van der Waals surface area contributed by atoms with Gasteiger partial charge in [0.05, 0.1) is 19.4 Å². The van der Waals surface area contributed by atoms with Gasteiger partial charge in [-0.25, -0.2) is 19.2 Å². The molecule has 316 valence electrons. The lowest BCUT2D eigenvalue weighted by molar-refractivity contribution is -0.192. The number of carbonyl (C=O) groups excluding carboxylic acids is 7. The molecule has 0 unspecified atom stereocenters. The van der Waals surface area contributed by atoms with E-state index in [1.165, 1.54) is 7.05 Å². The van der Waals surface area contributed by atoms with E-state index in [1.807, 2.05) is 17.4 Å². The second kappa shape index (κ2) is 56.9. The molecule has 0 atom stereocenters. The topological polar surface area (TPSA) is 467 Å². The fraction of sp³-hybridized carbons (Fsp3) is 0.545. The smallest absolute Gasteiger partial charge is 0.373 e. The number of aliphatic carboxylic acids is 4. The van der Waals surface area contributed by atoms with Gasteiger partial charge in [-0.3, -0.25) is 38.5 Å². The molecule has 28 nitrogen and oxygen atoms in total. The summed E-state index contributed by atoms with van der Waals surface area (Å²) in [6.07, 6.45) is -0.876. The third-order valence-electron chi connectivity index (χ3n) is 2.72. The minimum Gasteiger partial charge on any atom is -0.480 e. The number of halogens is 1. The first kappa shape index (κ1) is 77.8. The molecule has 53 heavy (non-hydrogen) atoms. The summed E-state index contributed by atoms with van der Waals surface area (Å²) in [4.78, 5) is 136. The number of hydrogen-bond acceptors (Lipinski definition) is 16. The lowest BCUT2D eigenvalue weighted by Gasteiger charge is -2.13. The Labute approximate surface area is 319 Å². The maximum Gasteiger partial charge on any atom is 0.373 e. The van der Waals surface area contributed by atoms with E-state index in [1.54, 1.807) is 14.1 Å². The van der Waals surface area contributed by atoms with E-state index >= 15 is 0 Å². The fourth-order valence-corrected chi connectivity index (χ4v) is 2.54. The molecule has 0 bridgehead atoms. The van der Waals surface area contributed by atoms with Crippen LogP contribution in [0.5, 0.6) is 0 Å². The van der Waals surface area contributed by atoms with Crippen molar-refractivity contribution in [2.75, 3.05) is 67.0 Å². The van der Waals surface area contributed by atoms with Crippen LogP contribution in [0.3, 0.4) is 0 Å². The lowest BCUT2D eigenvalue weighted by Crippen LogP contribution is -2.40. The Morgan fingerprint density at radius 2 is 0.943 bits per heavy atom. The van der Waals surface area contributed by atoms with Crippen molar-refractivity contribution in [3.05, 3.63) is 0 Å². The van der Waals surface area contributed by atoms with Gasteiger partial charge in [0.25, 0.3) is 0 Å². The summed E-state index contributed by atoms with van der Waals surface area (Å²) in [5, 5.41) is 50.0. The highest BCUT2D eigenvalue weighted by atomic mass is 127. The van der Waals surface area contributed by atoms with Crippen molar-refractivity contribution in [1.82, 2.24) is 31.5 Å². The molecule has 0 fully saturated rings. The predicted molar refractivity (Wildman–Crippen MR) is 190 cm³/mol. The predicted octanol–water partition coefficient (Wildman–Crippen LogP) is -4.13. The molecule has 0 aliphatic heterocycles. The maximum atomic E-state index is 10.5. The Morgan fingerprint density at radius 3 is 1.11 bits per heavy atom. The highest BCUT2D eigenvalue weighted by Crippen LogP contribution is 2.34. The summed E-state index contributed by atoms with van der Waals surface area (Å²) in [6, 6.07) is -0.977. The molecular formula is C22H49IN6O22P2. The van der Waals surface area contributed by atoms with Crippen LogP contribution in [0.25, 0.3) is 0 Å². The molecule has 0 aromatic heterocycles. The number of likely N-dealkylation sites (N-methyl/N-ethyl adjacent to an activating group) is 1. The van der Waals surface area contributed by atoms with E-state index in [9.17, 15) is 37.9 Å². The van der Waals surface area contributed by atoms with Crippen LogP contribution in [0.2, 0.25) is 0 Å². The van der Waals surface area contributed by atoms with Gasteiger partial charge in [0, 0.05) is 21.2 Å². The zero-order valence-electron chi connectivity index (χ0n) is 27.0. The van der Waals surface area contributed by atoms with E-state index < -0.39 is 77.3 Å². The fourth-order valence-electron chi connectivity index (χ4n) is 1.40. The summed E-state index contributed by atoms with van der Waals surface area (Å²) >= 11 is 0. The van der Waals surface area contributed by atoms with Gasteiger partial charge in [0.15, 0.2) is 0 Å². The van der Waals surface area contributed by atoms with Gasteiger partial charge in [0.1, 0.15) is 26.2 Å². The van der Waals surface area contributed by atoms with E-state index in [-0.39, 0.29) is 57.6 Å². The van der Waals surface area contributed by atoms with Crippen molar-refractivity contribution in [2.45, 2.75) is 14.9 Å². The molecule has 31 heteroatoms. The minimum atomic E-state index is -4.12. The van der Waals surface area contributed by atoms with Gasteiger partial charge < -0.3 is 71.2 Å². The van der Waals surface area contributed by atoms with Gasteiger partial charge >= 0.3 is 57.3 Å². The van der Waals surface area contributed by atoms with Crippen LogP contribution in [0.1, 0.15) is 14.9 Å². The van der Waals surface area contributed by atoms with Crippen LogP contribution in [0.15, 0.2) is 0 Å². The average molecular weight is 939 g/mol. The summed E-state index contributed by atoms with van der Waals surface area (Å²) in [7, 11) is -2.75. The van der Waals surface area contributed by atoms with Crippen molar-refractivity contribution < 1.29 is 107 Å². The molecule has 0 heterocycles. The van der Waals surface area contributed by atoms with E-state index in [0.29, 0.717) is 0 Å². The SMILES string of the molecule is C.C.C=O.CN(CC(=O)O)CP(=O)(O)O.CNC(=O)NC.CO.I.O=C(O)CNC(=O)NCC(=O)O.O=C(O)CNCP(=O)(O)O.O=C=C=O.O=C=O. The van der Waals surface area contributed by atoms with Crippen LogP contribution in [-0.2, 0) is 52.3 Å². The number of amides is 4. The van der Waals surface area contributed by atoms with E-state index in [0.717, 1.165) is 23.9 Å². The van der Waals surface area contributed by atoms with Crippen LogP contribution < -0.4 is 26.6 Å². The molecule has 14 N–H and O–H groups in total. The Kier molecular flexibility index (Phi) is 83.6. The zero-order chi connectivity index (χ0) is 41.9. The second-order valence-electron chi connectivity index (χ2n) is 6.80. The Bertz CT molecular complexity index is 1120. The molecule has 0 saturated carbocycles. The summed E-state index contributed by atoms with van der Waals surface area (Å²) in [5.74, 6) is -2.89. The normalized spacial score (nSPS) is 7.96. The molecule has 0 saturated heterocycles. The number of nitrogens with one attached hydrogen (secondary N) is 5. The first-order chi connectivity index (χ1) is 22.9. The van der Waals surface area contributed by atoms with E-state index in [2.05, 4.69) is 16.0 Å². The standard InChI is InChI=1S/C5H8N2O5.C4H10NO5P.C3H8N2O.C3H8NO5P.C2O2.CO2.CH4O.CH2O.2CH4.HI/c8-3(9)1-6-5(12)7-2-4(10)11;1-5(2-4(6)7)3-11(8,9)10;1-4-3(6)5-2;5-3(6)1-4-2-10(7,8)9;3-1-2-4;2-1-3;2*1-2;;;/h1-2H2,(H,8,9)(H,10,11)(H2,6,7,12);2-3H2,1H3,(H,6,7)(H2,8,9,10);1-2H3,(H2,4,5,6);4H,1-2H2,(H,5,6)(H2,7,8,9);;;2H,1H3;1H2;2*1H4;1H. The summed E-state index contributed by atoms with van der Waals surface area (Å²) in [6.45, 7) is 0.118. The first-order valence-corrected chi connectivity index (χ1v) is 15.2. The summed E-state index contributed by atoms with van der Waals surface area (Å²) < 4.78 is 20.3. The number of aliphatic hydroxyl groups excluding tert-OH is 1. The average Bonchev–Trinajstić information content (AvgIpc) is 2.99. The molecule has 0 aliphatic carbocycles. The maximum absolute atomic E-state index is 10.5. The number of carboxylic acids is 4. The Balaban J connectivity index is -0.0000000449. The third-order valence-corrected chi connectivity index (χ3v) is 4.21. The molecule has 0 spiro atoms. The van der Waals surface area contributed by atoms with Gasteiger partial charge in [0.2, 0.25) is 11.9 Å².